The van der Waals surface area contributed by atoms with Gasteiger partial charge in [0.05, 0.1) is 13.4 Å². The smallest absolute Gasteiger partial charge is 0.416 e. The van der Waals surface area contributed by atoms with Crippen LogP contribution in [0.2, 0.25) is 0 Å². The Balaban J connectivity index is 2.95. The van der Waals surface area contributed by atoms with Crippen LogP contribution >= 0.6 is 0 Å². The number of hydrogen-bond donors (Lipinski definition) is 0. The summed E-state index contributed by atoms with van der Waals surface area (Å²) in [7, 11) is 5.62. The van der Waals surface area contributed by atoms with Gasteiger partial charge < -0.3 is 4.74 Å². The normalized spacial score (nSPS) is 14.0. The molecule has 1 aromatic carbocycles. The first-order valence-electron chi connectivity index (χ1n) is 5.66. The fourth-order valence-electron chi connectivity index (χ4n) is 1.41. The molecule has 6 heteroatoms. The number of rotatable bonds is 2. The lowest BCUT2D eigenvalue weighted by molar-refractivity contribution is -0.154. The summed E-state index contributed by atoms with van der Waals surface area (Å²) < 4.78 is 42.7. The molecule has 0 aliphatic carbocycles. The number of halogens is 3. The zero-order valence-corrected chi connectivity index (χ0v) is 10.9. The van der Waals surface area contributed by atoms with Crippen LogP contribution in [0.3, 0.4) is 0 Å². The molecule has 0 heterocycles. The second-order valence-corrected chi connectivity index (χ2v) is 5.13. The number of benzene rings is 1. The first kappa shape index (κ1) is 15.6. The molecule has 0 spiro atoms. The SMILES string of the molecule is [B][C@@H](C(=O)OC(C)(C)C)c1cccc(C(F)(F)F)c1. The van der Waals surface area contributed by atoms with Crippen LogP contribution in [0.4, 0.5) is 13.2 Å². The molecule has 0 bridgehead atoms. The van der Waals surface area contributed by atoms with E-state index in [0.29, 0.717) is 0 Å². The molecule has 1 atom stereocenters. The number of carbonyl (C=O) groups is 1. The van der Waals surface area contributed by atoms with Gasteiger partial charge >= 0.3 is 12.1 Å². The number of hydrogen-bond acceptors (Lipinski definition) is 2. The van der Waals surface area contributed by atoms with Crippen molar-refractivity contribution in [1.29, 1.82) is 0 Å². The topological polar surface area (TPSA) is 26.3 Å². The summed E-state index contributed by atoms with van der Waals surface area (Å²) >= 11 is 0. The summed E-state index contributed by atoms with van der Waals surface area (Å²) in [5.74, 6) is -1.99. The van der Waals surface area contributed by atoms with Gasteiger partial charge in [0, 0.05) is 5.82 Å². The molecule has 2 nitrogen and oxygen atoms in total. The second kappa shape index (κ2) is 5.27. The molecule has 0 saturated heterocycles. The first-order chi connectivity index (χ1) is 8.50. The van der Waals surface area contributed by atoms with E-state index in [2.05, 4.69) is 0 Å². The summed E-state index contributed by atoms with van der Waals surface area (Å²) in [6, 6.07) is 4.35. The highest BCUT2D eigenvalue weighted by Gasteiger charge is 2.31. The molecule has 2 radical (unpaired) electrons. The molecule has 102 valence electrons. The maximum Gasteiger partial charge on any atom is 0.416 e. The molecular weight excluding hydrogens is 256 g/mol. The van der Waals surface area contributed by atoms with E-state index in [0.717, 1.165) is 12.1 Å². The second-order valence-electron chi connectivity index (χ2n) is 5.13. The van der Waals surface area contributed by atoms with Crippen LogP contribution in [0.1, 0.15) is 37.7 Å². The van der Waals surface area contributed by atoms with Crippen LogP contribution in [-0.2, 0) is 15.7 Å². The van der Waals surface area contributed by atoms with Gasteiger partial charge in [0.2, 0.25) is 0 Å². The molecule has 19 heavy (non-hydrogen) atoms. The summed E-state index contributed by atoms with van der Waals surface area (Å²) in [5.41, 5.74) is -1.51. The molecule has 0 saturated carbocycles. The lowest BCUT2D eigenvalue weighted by Gasteiger charge is -2.23. The van der Waals surface area contributed by atoms with Crippen molar-refractivity contribution in [3.05, 3.63) is 35.4 Å². The monoisotopic (exact) mass is 270 g/mol. The maximum atomic E-state index is 12.5. The zero-order valence-electron chi connectivity index (χ0n) is 10.9. The molecular formula is C13H14BF3O2. The van der Waals surface area contributed by atoms with E-state index in [-0.39, 0.29) is 5.56 Å². The van der Waals surface area contributed by atoms with E-state index in [1.165, 1.54) is 12.1 Å². The maximum absolute atomic E-state index is 12.5. The highest BCUT2D eigenvalue weighted by Crippen LogP contribution is 2.31. The third-order valence-electron chi connectivity index (χ3n) is 2.23. The van der Waals surface area contributed by atoms with Gasteiger partial charge in [0.15, 0.2) is 0 Å². The molecule has 0 fully saturated rings. The van der Waals surface area contributed by atoms with Crippen molar-refractivity contribution in [1.82, 2.24) is 0 Å². The molecule has 0 unspecified atom stereocenters. The zero-order chi connectivity index (χ0) is 14.8. The van der Waals surface area contributed by atoms with Crippen molar-refractivity contribution in [2.75, 3.05) is 0 Å². The van der Waals surface area contributed by atoms with Crippen LogP contribution in [-0.4, -0.2) is 19.4 Å². The summed E-state index contributed by atoms with van der Waals surface area (Å²) in [5, 5.41) is 0. The van der Waals surface area contributed by atoms with E-state index < -0.39 is 29.1 Å². The van der Waals surface area contributed by atoms with Crippen molar-refractivity contribution in [3.63, 3.8) is 0 Å². The number of alkyl halides is 3. The van der Waals surface area contributed by atoms with Gasteiger partial charge in [-0.15, -0.1) is 0 Å². The Morgan fingerprint density at radius 3 is 2.32 bits per heavy atom. The largest absolute Gasteiger partial charge is 0.460 e. The van der Waals surface area contributed by atoms with E-state index >= 15 is 0 Å². The molecule has 0 aromatic heterocycles. The van der Waals surface area contributed by atoms with Crippen LogP contribution in [0.25, 0.3) is 0 Å². The van der Waals surface area contributed by atoms with Crippen molar-refractivity contribution < 1.29 is 22.7 Å². The van der Waals surface area contributed by atoms with Crippen LogP contribution in [0.5, 0.6) is 0 Å². The lowest BCUT2D eigenvalue weighted by Crippen LogP contribution is -2.28. The highest BCUT2D eigenvalue weighted by atomic mass is 19.4. The van der Waals surface area contributed by atoms with Gasteiger partial charge in [-0.3, -0.25) is 4.79 Å². The minimum Gasteiger partial charge on any atom is -0.460 e. The number of ether oxygens (including phenoxy) is 1. The minimum atomic E-state index is -4.47. The molecule has 0 aliphatic rings. The Labute approximate surface area is 111 Å². The van der Waals surface area contributed by atoms with Crippen molar-refractivity contribution in [2.24, 2.45) is 0 Å². The third kappa shape index (κ3) is 4.61. The third-order valence-corrected chi connectivity index (χ3v) is 2.23. The number of esters is 1. The average Bonchev–Trinajstić information content (AvgIpc) is 2.24. The van der Waals surface area contributed by atoms with Gasteiger partial charge in [0.1, 0.15) is 5.60 Å². The fraction of sp³-hybridized carbons (Fsp3) is 0.462. The van der Waals surface area contributed by atoms with Crippen LogP contribution in [0.15, 0.2) is 24.3 Å². The summed E-state index contributed by atoms with van der Waals surface area (Å²) in [6.45, 7) is 4.97. The van der Waals surface area contributed by atoms with E-state index in [4.69, 9.17) is 12.6 Å². The van der Waals surface area contributed by atoms with Crippen molar-refractivity contribution in [2.45, 2.75) is 38.4 Å². The Bertz CT molecular complexity index is 464. The predicted octanol–water partition coefficient (Wildman–Crippen LogP) is 3.26. The minimum absolute atomic E-state index is 0.0732. The fourth-order valence-corrected chi connectivity index (χ4v) is 1.41. The molecule has 1 rings (SSSR count). The summed E-state index contributed by atoms with van der Waals surface area (Å²) in [6.07, 6.45) is -4.47. The van der Waals surface area contributed by atoms with Gasteiger partial charge in [-0.05, 0) is 32.4 Å². The van der Waals surface area contributed by atoms with E-state index in [1.807, 2.05) is 0 Å². The highest BCUT2D eigenvalue weighted by molar-refractivity contribution is 6.23. The average molecular weight is 270 g/mol. The van der Waals surface area contributed by atoms with E-state index in [9.17, 15) is 18.0 Å². The van der Waals surface area contributed by atoms with Crippen molar-refractivity contribution >= 4 is 13.8 Å². The van der Waals surface area contributed by atoms with E-state index in [1.54, 1.807) is 20.8 Å². The molecule has 0 aliphatic heterocycles. The van der Waals surface area contributed by atoms with Gasteiger partial charge in [0.25, 0.3) is 0 Å². The Morgan fingerprint density at radius 2 is 1.84 bits per heavy atom. The predicted molar refractivity (Wildman–Crippen MR) is 65.8 cm³/mol. The standard InChI is InChI=1S/C13H14BF3O2/c1-12(2,3)19-11(18)10(14)8-5-4-6-9(7-8)13(15,16)17/h4-7,10H,1-3H3/t10-/m1/s1. The van der Waals surface area contributed by atoms with Gasteiger partial charge in [-0.2, -0.15) is 13.2 Å². The Hall–Kier alpha value is -1.46. The summed E-state index contributed by atoms with van der Waals surface area (Å²) in [4.78, 5) is 11.7. The number of carbonyl (C=O) groups excluding carboxylic acids is 1. The Kier molecular flexibility index (Phi) is 4.33. The van der Waals surface area contributed by atoms with Gasteiger partial charge in [-0.1, -0.05) is 18.2 Å². The quantitative estimate of drug-likeness (QED) is 0.609. The molecule has 0 amide bonds. The van der Waals surface area contributed by atoms with Crippen molar-refractivity contribution in [3.8, 4) is 0 Å². The lowest BCUT2D eigenvalue weighted by atomic mass is 9.80. The Morgan fingerprint density at radius 1 is 1.26 bits per heavy atom. The van der Waals surface area contributed by atoms with Gasteiger partial charge in [-0.25, -0.2) is 0 Å². The van der Waals surface area contributed by atoms with Crippen LogP contribution < -0.4 is 0 Å². The first-order valence-corrected chi connectivity index (χ1v) is 5.66. The van der Waals surface area contributed by atoms with Crippen LogP contribution in [0, 0.1) is 0 Å². The molecule has 1 aromatic rings. The molecule has 0 N–H and O–H groups in total.